The highest BCUT2D eigenvalue weighted by Gasteiger charge is 2.35. The van der Waals surface area contributed by atoms with Gasteiger partial charge in [0, 0.05) is 12.5 Å². The van der Waals surface area contributed by atoms with E-state index in [1.54, 1.807) is 18.2 Å². The van der Waals surface area contributed by atoms with Crippen molar-refractivity contribution < 1.29 is 27.8 Å². The van der Waals surface area contributed by atoms with Crippen molar-refractivity contribution in [3.05, 3.63) is 53.1 Å². The van der Waals surface area contributed by atoms with Crippen molar-refractivity contribution in [2.75, 3.05) is 18.0 Å². The van der Waals surface area contributed by atoms with Crippen LogP contribution in [-0.2, 0) is 14.8 Å². The lowest BCUT2D eigenvalue weighted by Gasteiger charge is -2.35. The summed E-state index contributed by atoms with van der Waals surface area (Å²) in [7, 11) is -2.44. The molecule has 0 spiro atoms. The Morgan fingerprint density at radius 3 is 2.61 bits per heavy atom. The topological polar surface area (TPSA) is 93.1 Å². The van der Waals surface area contributed by atoms with E-state index in [1.807, 2.05) is 19.1 Å². The van der Waals surface area contributed by atoms with Crippen LogP contribution < -0.4 is 13.8 Å². The maximum absolute atomic E-state index is 13.9. The lowest BCUT2D eigenvalue weighted by atomic mass is 9.84. The van der Waals surface area contributed by atoms with Gasteiger partial charge in [-0.1, -0.05) is 43.0 Å². The van der Waals surface area contributed by atoms with Crippen LogP contribution in [0.3, 0.4) is 0 Å². The van der Waals surface area contributed by atoms with Crippen LogP contribution in [0.2, 0.25) is 0 Å². The van der Waals surface area contributed by atoms with E-state index >= 15 is 0 Å². The number of hydrogen-bond donors (Lipinski definition) is 1. The zero-order valence-electron chi connectivity index (χ0n) is 21.2. The highest BCUT2D eigenvalue weighted by atomic mass is 32.2. The van der Waals surface area contributed by atoms with E-state index in [2.05, 4.69) is 13.0 Å². The summed E-state index contributed by atoms with van der Waals surface area (Å²) >= 11 is 0. The Kier molecular flexibility index (Phi) is 7.93. The average Bonchev–Trinajstić information content (AvgIpc) is 2.87. The maximum Gasteiger partial charge on any atom is 0.303 e. The summed E-state index contributed by atoms with van der Waals surface area (Å²) < 4.78 is 40.5. The van der Waals surface area contributed by atoms with Crippen molar-refractivity contribution in [2.24, 2.45) is 5.92 Å². The van der Waals surface area contributed by atoms with Gasteiger partial charge in [0.15, 0.2) is 0 Å². The van der Waals surface area contributed by atoms with Crippen LogP contribution in [0.15, 0.2) is 46.9 Å². The summed E-state index contributed by atoms with van der Waals surface area (Å²) in [5.41, 5.74) is 3.53. The molecule has 36 heavy (non-hydrogen) atoms. The summed E-state index contributed by atoms with van der Waals surface area (Å²) in [4.78, 5) is 11.3. The first-order valence-electron chi connectivity index (χ1n) is 12.6. The number of fused-ring (bicyclic) bond motifs is 1. The fourth-order valence-electron chi connectivity index (χ4n) is 5.11. The number of benzene rings is 2. The van der Waals surface area contributed by atoms with Gasteiger partial charge in [0.05, 0.1) is 24.2 Å². The molecule has 4 rings (SSSR count). The SMILES string of the molecule is COc1cc(S(=O)(=O)N2CC(CCC(=O)O)Oc3ccc(C=C(C)C4CCCCC4)cc32)ccc1C. The maximum atomic E-state index is 13.9. The predicted octanol–water partition coefficient (Wildman–Crippen LogP) is 5.81. The van der Waals surface area contributed by atoms with Crippen molar-refractivity contribution in [1.29, 1.82) is 0 Å². The first-order valence-corrected chi connectivity index (χ1v) is 14.0. The van der Waals surface area contributed by atoms with E-state index < -0.39 is 22.1 Å². The highest BCUT2D eigenvalue weighted by molar-refractivity contribution is 7.92. The third kappa shape index (κ3) is 5.69. The zero-order valence-corrected chi connectivity index (χ0v) is 22.0. The van der Waals surface area contributed by atoms with Crippen molar-refractivity contribution in [3.63, 3.8) is 0 Å². The number of sulfonamides is 1. The Bertz CT molecular complexity index is 1250. The van der Waals surface area contributed by atoms with Crippen LogP contribution >= 0.6 is 0 Å². The molecule has 1 saturated carbocycles. The van der Waals surface area contributed by atoms with Gasteiger partial charge < -0.3 is 14.6 Å². The van der Waals surface area contributed by atoms with Crippen molar-refractivity contribution in [1.82, 2.24) is 0 Å². The van der Waals surface area contributed by atoms with E-state index in [-0.39, 0.29) is 24.3 Å². The molecular weight excluding hydrogens is 478 g/mol. The lowest BCUT2D eigenvalue weighted by molar-refractivity contribution is -0.137. The van der Waals surface area contributed by atoms with Crippen LogP contribution in [-0.4, -0.2) is 39.3 Å². The Morgan fingerprint density at radius 2 is 1.92 bits per heavy atom. The number of aliphatic carboxylic acids is 1. The highest BCUT2D eigenvalue weighted by Crippen LogP contribution is 2.40. The zero-order chi connectivity index (χ0) is 25.9. The quantitative estimate of drug-likeness (QED) is 0.479. The fraction of sp³-hybridized carbons (Fsp3) is 0.464. The number of carboxylic acids is 1. The fourth-order valence-corrected chi connectivity index (χ4v) is 6.62. The Hall–Kier alpha value is -3.00. The first kappa shape index (κ1) is 26.1. The van der Waals surface area contributed by atoms with Crippen LogP contribution in [0.4, 0.5) is 5.69 Å². The van der Waals surface area contributed by atoms with Crippen molar-refractivity contribution in [3.8, 4) is 11.5 Å². The molecule has 8 heteroatoms. The summed E-state index contributed by atoms with van der Waals surface area (Å²) in [6.45, 7) is 4.04. The molecular formula is C28H35NO6S. The number of nitrogens with zero attached hydrogens (tertiary/aromatic N) is 1. The van der Waals surface area contributed by atoms with Gasteiger partial charge in [-0.25, -0.2) is 8.42 Å². The molecule has 1 N–H and O–H groups in total. The van der Waals surface area contributed by atoms with Crippen LogP contribution in [0, 0.1) is 12.8 Å². The van der Waals surface area contributed by atoms with Gasteiger partial charge >= 0.3 is 5.97 Å². The molecule has 1 aliphatic carbocycles. The van der Waals surface area contributed by atoms with Crippen LogP contribution in [0.5, 0.6) is 11.5 Å². The number of ether oxygens (including phenoxy) is 2. The Labute approximate surface area is 213 Å². The monoisotopic (exact) mass is 513 g/mol. The Balaban J connectivity index is 1.73. The molecule has 194 valence electrons. The summed E-state index contributed by atoms with van der Waals surface area (Å²) in [5.74, 6) is 0.547. The van der Waals surface area contributed by atoms with Gasteiger partial charge in [-0.05, 0) is 68.4 Å². The molecule has 2 aromatic rings. The number of rotatable bonds is 8. The molecule has 2 aromatic carbocycles. The molecule has 1 atom stereocenters. The first-order chi connectivity index (χ1) is 17.2. The molecule has 0 amide bonds. The van der Waals surface area contributed by atoms with Crippen molar-refractivity contribution >= 4 is 27.8 Å². The molecule has 0 bridgehead atoms. The van der Waals surface area contributed by atoms with Crippen LogP contribution in [0.25, 0.3) is 6.08 Å². The molecule has 1 fully saturated rings. The van der Waals surface area contributed by atoms with Crippen LogP contribution in [0.1, 0.15) is 63.0 Å². The minimum absolute atomic E-state index is 0.0353. The van der Waals surface area contributed by atoms with Gasteiger partial charge in [-0.3, -0.25) is 9.10 Å². The minimum Gasteiger partial charge on any atom is -0.496 e. The normalized spacial score (nSPS) is 18.9. The molecule has 7 nitrogen and oxygen atoms in total. The number of carbonyl (C=O) groups is 1. The smallest absolute Gasteiger partial charge is 0.303 e. The molecule has 1 unspecified atom stereocenters. The minimum atomic E-state index is -3.96. The summed E-state index contributed by atoms with van der Waals surface area (Å²) in [6, 6.07) is 10.4. The second-order valence-corrected chi connectivity index (χ2v) is 11.7. The van der Waals surface area contributed by atoms with Gasteiger partial charge in [0.2, 0.25) is 0 Å². The Morgan fingerprint density at radius 1 is 1.17 bits per heavy atom. The van der Waals surface area contributed by atoms with E-state index in [0.717, 1.165) is 11.1 Å². The van der Waals surface area contributed by atoms with Gasteiger partial charge in [0.25, 0.3) is 10.0 Å². The summed E-state index contributed by atoms with van der Waals surface area (Å²) in [5, 5.41) is 9.15. The third-order valence-electron chi connectivity index (χ3n) is 7.21. The molecule has 2 aliphatic rings. The predicted molar refractivity (Wildman–Crippen MR) is 140 cm³/mol. The third-order valence-corrected chi connectivity index (χ3v) is 8.98. The number of allylic oxidation sites excluding steroid dienone is 1. The van der Waals surface area contributed by atoms with E-state index in [0.29, 0.717) is 23.1 Å². The number of hydrogen-bond acceptors (Lipinski definition) is 5. The second-order valence-electron chi connectivity index (χ2n) is 9.79. The largest absolute Gasteiger partial charge is 0.496 e. The van der Waals surface area contributed by atoms with Gasteiger partial charge in [0.1, 0.15) is 17.6 Å². The number of methoxy groups -OCH3 is 1. The molecule has 1 aliphatic heterocycles. The number of anilines is 1. The second kappa shape index (κ2) is 10.9. The van der Waals surface area contributed by atoms with E-state index in [9.17, 15) is 13.2 Å². The molecule has 0 radical (unpaired) electrons. The lowest BCUT2D eigenvalue weighted by Crippen LogP contribution is -2.43. The molecule has 0 aromatic heterocycles. The number of aryl methyl sites for hydroxylation is 1. The van der Waals surface area contributed by atoms with Gasteiger partial charge in [-0.15, -0.1) is 0 Å². The van der Waals surface area contributed by atoms with Crippen molar-refractivity contribution in [2.45, 2.75) is 69.8 Å². The van der Waals surface area contributed by atoms with Gasteiger partial charge in [-0.2, -0.15) is 0 Å². The average molecular weight is 514 g/mol. The molecule has 1 heterocycles. The van der Waals surface area contributed by atoms with E-state index in [1.165, 1.54) is 55.2 Å². The number of carboxylic acid groups (broad SMARTS) is 1. The summed E-state index contributed by atoms with van der Waals surface area (Å²) in [6.07, 6.45) is 7.85. The standard InChI is InChI=1S/C28H35NO6S/c1-19-9-12-24(17-27(19)34-3)36(32,33)29-18-23(11-14-28(30)31)35-26-13-10-21(16-25(26)29)15-20(2)22-7-5-4-6-8-22/h9-10,12-13,15-17,22-23H,4-8,11,14,18H2,1-3H3,(H,30,31). The van der Waals surface area contributed by atoms with E-state index in [4.69, 9.17) is 14.6 Å². The molecule has 0 saturated heterocycles.